The van der Waals surface area contributed by atoms with E-state index in [0.29, 0.717) is 17.1 Å². The van der Waals surface area contributed by atoms with Crippen molar-refractivity contribution >= 4 is 28.9 Å². The molecule has 0 aliphatic carbocycles. The quantitative estimate of drug-likeness (QED) is 0.467. The van der Waals surface area contributed by atoms with Crippen LogP contribution in [0.15, 0.2) is 60.9 Å². The van der Waals surface area contributed by atoms with Gasteiger partial charge in [-0.1, -0.05) is 12.1 Å². The largest absolute Gasteiger partial charge is 0.497 e. The molecule has 1 heterocycles. The average Bonchev–Trinajstić information content (AvgIpc) is 3.14. The number of para-hydroxylation sites is 1. The smallest absolute Gasteiger partial charge is 0.282 e. The van der Waals surface area contributed by atoms with E-state index < -0.39 is 10.8 Å². The predicted octanol–water partition coefficient (Wildman–Crippen LogP) is 2.69. The number of rotatable bonds is 7. The van der Waals surface area contributed by atoms with Gasteiger partial charge in [-0.05, 0) is 30.3 Å². The summed E-state index contributed by atoms with van der Waals surface area (Å²) >= 11 is 0. The molecular formula is C19H17N5O5. The van der Waals surface area contributed by atoms with Gasteiger partial charge in [0.2, 0.25) is 5.91 Å². The highest BCUT2D eigenvalue weighted by Crippen LogP contribution is 2.19. The van der Waals surface area contributed by atoms with E-state index in [2.05, 4.69) is 15.7 Å². The summed E-state index contributed by atoms with van der Waals surface area (Å²) in [6.45, 7) is -0.0760. The standard InChI is InChI=1S/C19H17N5O5/c1-29-15-8-6-13(7-9-15)21-18(25)12-23-11-14(10-20-23)22-19(26)16-4-2-3-5-17(16)24(27)28/h2-11H,12H2,1H3,(H,21,25)(H,22,26). The Balaban J connectivity index is 1.61. The van der Waals surface area contributed by atoms with Gasteiger partial charge in [-0.25, -0.2) is 0 Å². The van der Waals surface area contributed by atoms with Crippen LogP contribution >= 0.6 is 0 Å². The molecule has 0 atom stereocenters. The Morgan fingerprint density at radius 1 is 1.10 bits per heavy atom. The number of ether oxygens (including phenoxy) is 1. The normalized spacial score (nSPS) is 10.2. The Morgan fingerprint density at radius 2 is 1.83 bits per heavy atom. The summed E-state index contributed by atoms with van der Waals surface area (Å²) in [5, 5.41) is 20.3. The van der Waals surface area contributed by atoms with Crippen molar-refractivity contribution in [2.24, 2.45) is 0 Å². The zero-order valence-corrected chi connectivity index (χ0v) is 15.4. The predicted molar refractivity (Wildman–Crippen MR) is 105 cm³/mol. The summed E-state index contributed by atoms with van der Waals surface area (Å²) in [6.07, 6.45) is 2.81. The number of carbonyl (C=O) groups excluding carboxylic acids is 2. The van der Waals surface area contributed by atoms with Crippen molar-refractivity contribution in [3.05, 3.63) is 76.6 Å². The van der Waals surface area contributed by atoms with Gasteiger partial charge in [0.05, 0.1) is 23.9 Å². The third kappa shape index (κ3) is 4.95. The first-order chi connectivity index (χ1) is 14.0. The highest BCUT2D eigenvalue weighted by Gasteiger charge is 2.19. The second-order valence-corrected chi connectivity index (χ2v) is 5.93. The highest BCUT2D eigenvalue weighted by atomic mass is 16.6. The average molecular weight is 395 g/mol. The molecule has 0 radical (unpaired) electrons. The first kappa shape index (κ1) is 19.5. The number of nitrogens with one attached hydrogen (secondary N) is 2. The zero-order valence-electron chi connectivity index (χ0n) is 15.4. The van der Waals surface area contributed by atoms with Gasteiger partial charge in [0.15, 0.2) is 0 Å². The van der Waals surface area contributed by atoms with Gasteiger partial charge in [-0.2, -0.15) is 5.10 Å². The van der Waals surface area contributed by atoms with E-state index in [-0.39, 0.29) is 23.7 Å². The van der Waals surface area contributed by atoms with Crippen LogP contribution in [0.1, 0.15) is 10.4 Å². The summed E-state index contributed by atoms with van der Waals surface area (Å²) in [6, 6.07) is 12.5. The third-order valence-electron chi connectivity index (χ3n) is 3.92. The number of hydrogen-bond acceptors (Lipinski definition) is 6. The molecule has 0 spiro atoms. The van der Waals surface area contributed by atoms with Crippen molar-refractivity contribution in [3.63, 3.8) is 0 Å². The molecule has 0 aliphatic rings. The number of aromatic nitrogens is 2. The molecule has 0 aliphatic heterocycles. The van der Waals surface area contributed by atoms with Crippen LogP contribution in [-0.2, 0) is 11.3 Å². The molecule has 0 saturated carbocycles. The molecule has 0 saturated heterocycles. The van der Waals surface area contributed by atoms with Gasteiger partial charge < -0.3 is 15.4 Å². The minimum absolute atomic E-state index is 0.0671. The lowest BCUT2D eigenvalue weighted by molar-refractivity contribution is -0.385. The summed E-state index contributed by atoms with van der Waals surface area (Å²) in [4.78, 5) is 34.9. The van der Waals surface area contributed by atoms with E-state index in [1.807, 2.05) is 0 Å². The fraction of sp³-hybridized carbons (Fsp3) is 0.105. The number of nitrogens with zero attached hydrogens (tertiary/aromatic N) is 3. The SMILES string of the molecule is COc1ccc(NC(=O)Cn2cc(NC(=O)c3ccccc3[N+](=O)[O-])cn2)cc1. The van der Waals surface area contributed by atoms with E-state index in [9.17, 15) is 19.7 Å². The fourth-order valence-electron chi connectivity index (χ4n) is 2.56. The van der Waals surface area contributed by atoms with E-state index in [1.54, 1.807) is 31.4 Å². The number of nitro groups is 1. The molecule has 0 unspecified atom stereocenters. The van der Waals surface area contributed by atoms with Crippen molar-refractivity contribution in [3.8, 4) is 5.75 Å². The molecule has 148 valence electrons. The molecular weight excluding hydrogens is 378 g/mol. The molecule has 2 amide bonds. The fourth-order valence-corrected chi connectivity index (χ4v) is 2.56. The Labute approximate surface area is 165 Å². The lowest BCUT2D eigenvalue weighted by Gasteiger charge is -2.06. The number of methoxy groups -OCH3 is 1. The lowest BCUT2D eigenvalue weighted by Crippen LogP contribution is -2.19. The minimum Gasteiger partial charge on any atom is -0.497 e. The first-order valence-electron chi connectivity index (χ1n) is 8.47. The highest BCUT2D eigenvalue weighted by molar-refractivity contribution is 6.06. The molecule has 3 rings (SSSR count). The minimum atomic E-state index is -0.639. The van der Waals surface area contributed by atoms with Crippen LogP contribution in [0.4, 0.5) is 17.1 Å². The number of nitro benzene ring substituents is 1. The molecule has 2 aromatic carbocycles. The molecule has 10 nitrogen and oxygen atoms in total. The van der Waals surface area contributed by atoms with Crippen LogP contribution in [0, 0.1) is 10.1 Å². The summed E-state index contributed by atoms with van der Waals surface area (Å²) in [5.74, 6) is -0.275. The van der Waals surface area contributed by atoms with Crippen LogP contribution in [-0.4, -0.2) is 33.6 Å². The second kappa shape index (κ2) is 8.65. The van der Waals surface area contributed by atoms with Crippen molar-refractivity contribution < 1.29 is 19.2 Å². The molecule has 1 aromatic heterocycles. The van der Waals surface area contributed by atoms with E-state index in [0.717, 1.165) is 0 Å². The van der Waals surface area contributed by atoms with Crippen molar-refractivity contribution in [1.82, 2.24) is 9.78 Å². The summed E-state index contributed by atoms with van der Waals surface area (Å²) < 4.78 is 6.40. The van der Waals surface area contributed by atoms with Crippen molar-refractivity contribution in [2.45, 2.75) is 6.54 Å². The van der Waals surface area contributed by atoms with Gasteiger partial charge in [-0.3, -0.25) is 24.4 Å². The molecule has 2 N–H and O–H groups in total. The van der Waals surface area contributed by atoms with Gasteiger partial charge in [0.1, 0.15) is 17.9 Å². The van der Waals surface area contributed by atoms with E-state index in [4.69, 9.17) is 4.74 Å². The maximum absolute atomic E-state index is 12.3. The van der Waals surface area contributed by atoms with Crippen LogP contribution in [0.2, 0.25) is 0 Å². The molecule has 3 aromatic rings. The summed E-state index contributed by atoms with van der Waals surface area (Å²) in [5.41, 5.74) is 0.553. The molecule has 0 fully saturated rings. The van der Waals surface area contributed by atoms with Crippen molar-refractivity contribution in [2.75, 3.05) is 17.7 Å². The monoisotopic (exact) mass is 395 g/mol. The van der Waals surface area contributed by atoms with Crippen molar-refractivity contribution in [1.29, 1.82) is 0 Å². The van der Waals surface area contributed by atoms with Gasteiger partial charge in [0.25, 0.3) is 11.6 Å². The number of benzene rings is 2. The van der Waals surface area contributed by atoms with Gasteiger partial charge >= 0.3 is 0 Å². The van der Waals surface area contributed by atoms with Crippen LogP contribution in [0.3, 0.4) is 0 Å². The lowest BCUT2D eigenvalue weighted by atomic mass is 10.1. The second-order valence-electron chi connectivity index (χ2n) is 5.93. The molecule has 29 heavy (non-hydrogen) atoms. The Hall–Kier alpha value is -4.21. The maximum atomic E-state index is 12.3. The van der Waals surface area contributed by atoms with E-state index >= 15 is 0 Å². The number of hydrogen-bond donors (Lipinski definition) is 2. The number of amides is 2. The molecule has 10 heteroatoms. The maximum Gasteiger partial charge on any atom is 0.282 e. The first-order valence-corrected chi connectivity index (χ1v) is 8.47. The van der Waals surface area contributed by atoms with Crippen LogP contribution < -0.4 is 15.4 Å². The third-order valence-corrected chi connectivity index (χ3v) is 3.92. The van der Waals surface area contributed by atoms with Gasteiger partial charge in [-0.15, -0.1) is 0 Å². The molecule has 0 bridgehead atoms. The van der Waals surface area contributed by atoms with Gasteiger partial charge in [0, 0.05) is 18.0 Å². The number of anilines is 2. The zero-order chi connectivity index (χ0) is 20.8. The summed E-state index contributed by atoms with van der Waals surface area (Å²) in [7, 11) is 1.55. The van der Waals surface area contributed by atoms with Crippen LogP contribution in [0.25, 0.3) is 0 Å². The Morgan fingerprint density at radius 3 is 2.52 bits per heavy atom. The van der Waals surface area contributed by atoms with Crippen LogP contribution in [0.5, 0.6) is 5.75 Å². The Kier molecular flexibility index (Phi) is 5.83. The van der Waals surface area contributed by atoms with E-state index in [1.165, 1.54) is 41.3 Å². The number of carbonyl (C=O) groups is 2. The topological polar surface area (TPSA) is 128 Å². The Bertz CT molecular complexity index is 1050.